The Kier molecular flexibility index (Phi) is 4.11. The van der Waals surface area contributed by atoms with E-state index < -0.39 is 5.97 Å². The van der Waals surface area contributed by atoms with Gasteiger partial charge in [0.15, 0.2) is 0 Å². The van der Waals surface area contributed by atoms with Crippen LogP contribution in [0.1, 0.15) is 21.6 Å². The Hall–Kier alpha value is -1.95. The van der Waals surface area contributed by atoms with Gasteiger partial charge >= 0.3 is 5.97 Å². The number of hydrogen-bond donors (Lipinski definition) is 1. The predicted molar refractivity (Wildman–Crippen MR) is 74.4 cm³/mol. The maximum absolute atomic E-state index is 11.9. The summed E-state index contributed by atoms with van der Waals surface area (Å²) in [5.41, 5.74) is 7.81. The number of aromatic nitrogens is 2. The Morgan fingerprint density at radius 3 is 2.89 bits per heavy atom. The van der Waals surface area contributed by atoms with Crippen molar-refractivity contribution in [1.82, 2.24) is 9.97 Å². The summed E-state index contributed by atoms with van der Waals surface area (Å²) in [6.07, 6.45) is 4.81. The number of carbonyl (C=O) groups excluding carboxylic acids is 1. The Bertz CT molecular complexity index is 617. The van der Waals surface area contributed by atoms with Crippen LogP contribution in [0, 0.1) is 6.92 Å². The molecule has 0 atom stereocenters. The lowest BCUT2D eigenvalue weighted by atomic mass is 10.2. The number of anilines is 1. The Labute approximate surface area is 119 Å². The van der Waals surface area contributed by atoms with Crippen molar-refractivity contribution in [3.63, 3.8) is 0 Å². The number of nitrogens with zero attached hydrogens (tertiary/aromatic N) is 2. The molecule has 0 saturated heterocycles. The molecule has 0 radical (unpaired) electrons. The fraction of sp³-hybridized carbons (Fsp3) is 0.154. The van der Waals surface area contributed by atoms with Gasteiger partial charge in [0.25, 0.3) is 0 Å². The molecule has 0 saturated carbocycles. The number of hydrogen-bond acceptors (Lipinski definition) is 5. The molecule has 98 valence electrons. The van der Waals surface area contributed by atoms with Crippen LogP contribution in [0.15, 0.2) is 35.2 Å². The van der Waals surface area contributed by atoms with Gasteiger partial charge in [0.05, 0.1) is 23.1 Å². The summed E-state index contributed by atoms with van der Waals surface area (Å²) in [6.45, 7) is 1.89. The molecule has 2 aromatic rings. The zero-order valence-electron chi connectivity index (χ0n) is 10.3. The number of rotatable bonds is 3. The third kappa shape index (κ3) is 3.51. The summed E-state index contributed by atoms with van der Waals surface area (Å²) in [7, 11) is 0. The van der Waals surface area contributed by atoms with Crippen LogP contribution in [0.3, 0.4) is 0 Å². The quantitative estimate of drug-likeness (QED) is 0.879. The van der Waals surface area contributed by atoms with Gasteiger partial charge in [-0.05, 0) is 35.0 Å². The second kappa shape index (κ2) is 5.79. The molecule has 0 aliphatic rings. The summed E-state index contributed by atoms with van der Waals surface area (Å²) in [6, 6.07) is 3.40. The Balaban J connectivity index is 2.07. The highest BCUT2D eigenvalue weighted by atomic mass is 79.9. The van der Waals surface area contributed by atoms with Gasteiger partial charge in [0, 0.05) is 22.4 Å². The number of ether oxygens (including phenoxy) is 1. The van der Waals surface area contributed by atoms with Crippen molar-refractivity contribution >= 4 is 27.6 Å². The lowest BCUT2D eigenvalue weighted by Gasteiger charge is -2.07. The summed E-state index contributed by atoms with van der Waals surface area (Å²) >= 11 is 3.31. The minimum absolute atomic E-state index is 0.152. The molecule has 2 N–H and O–H groups in total. The van der Waals surface area contributed by atoms with Gasteiger partial charge < -0.3 is 10.5 Å². The molecule has 0 aromatic carbocycles. The lowest BCUT2D eigenvalue weighted by molar-refractivity contribution is 0.0471. The molecular formula is C13H12BrN3O2. The van der Waals surface area contributed by atoms with E-state index in [9.17, 15) is 4.79 Å². The SMILES string of the molecule is Cc1ncc(N)cc1C(=O)OCc1cncc(Br)c1. The van der Waals surface area contributed by atoms with E-state index >= 15 is 0 Å². The van der Waals surface area contributed by atoms with Crippen LogP contribution in [0.2, 0.25) is 0 Å². The second-order valence-corrected chi connectivity index (χ2v) is 4.90. The first kappa shape index (κ1) is 13.5. The van der Waals surface area contributed by atoms with E-state index in [1.165, 1.54) is 6.20 Å². The Morgan fingerprint density at radius 2 is 2.16 bits per heavy atom. The third-order valence-electron chi connectivity index (χ3n) is 2.46. The van der Waals surface area contributed by atoms with Crippen molar-refractivity contribution in [2.75, 3.05) is 5.73 Å². The number of carbonyl (C=O) groups is 1. The van der Waals surface area contributed by atoms with E-state index in [0.717, 1.165) is 10.0 Å². The molecule has 0 fully saturated rings. The van der Waals surface area contributed by atoms with Crippen LogP contribution in [-0.4, -0.2) is 15.9 Å². The van der Waals surface area contributed by atoms with E-state index in [4.69, 9.17) is 10.5 Å². The van der Waals surface area contributed by atoms with E-state index in [0.29, 0.717) is 16.9 Å². The predicted octanol–water partition coefficient (Wildman–Crippen LogP) is 2.49. The molecular weight excluding hydrogens is 310 g/mol. The summed E-state index contributed by atoms with van der Waals surface area (Å²) in [4.78, 5) is 19.9. The lowest BCUT2D eigenvalue weighted by Crippen LogP contribution is -2.09. The zero-order valence-corrected chi connectivity index (χ0v) is 11.8. The van der Waals surface area contributed by atoms with Crippen LogP contribution in [0.5, 0.6) is 0 Å². The first-order valence-electron chi connectivity index (χ1n) is 5.55. The summed E-state index contributed by atoms with van der Waals surface area (Å²) in [5.74, 6) is -0.447. The molecule has 6 heteroatoms. The van der Waals surface area contributed by atoms with Gasteiger partial charge in [-0.1, -0.05) is 0 Å². The summed E-state index contributed by atoms with van der Waals surface area (Å²) in [5, 5.41) is 0. The molecule has 0 spiro atoms. The molecule has 2 aromatic heterocycles. The number of halogens is 1. The maximum Gasteiger partial charge on any atom is 0.340 e. The van der Waals surface area contributed by atoms with Crippen LogP contribution in [0.25, 0.3) is 0 Å². The van der Waals surface area contributed by atoms with E-state index in [-0.39, 0.29) is 6.61 Å². The first-order valence-corrected chi connectivity index (χ1v) is 6.34. The molecule has 0 aliphatic heterocycles. The standard InChI is InChI=1S/C13H12BrN3O2/c1-8-12(3-11(15)6-17-8)13(18)19-7-9-2-10(14)5-16-4-9/h2-6H,7,15H2,1H3. The maximum atomic E-state index is 11.9. The van der Waals surface area contributed by atoms with E-state index in [1.807, 2.05) is 6.07 Å². The van der Waals surface area contributed by atoms with Gasteiger partial charge in [0.1, 0.15) is 6.61 Å². The van der Waals surface area contributed by atoms with E-state index in [2.05, 4.69) is 25.9 Å². The molecule has 0 aliphatic carbocycles. The normalized spacial score (nSPS) is 10.2. The molecule has 2 rings (SSSR count). The highest BCUT2D eigenvalue weighted by Gasteiger charge is 2.12. The van der Waals surface area contributed by atoms with Gasteiger partial charge in [-0.25, -0.2) is 4.79 Å². The van der Waals surface area contributed by atoms with Crippen LogP contribution in [0.4, 0.5) is 5.69 Å². The van der Waals surface area contributed by atoms with Crippen LogP contribution < -0.4 is 5.73 Å². The van der Waals surface area contributed by atoms with Crippen molar-refractivity contribution in [1.29, 1.82) is 0 Å². The number of pyridine rings is 2. The highest BCUT2D eigenvalue weighted by molar-refractivity contribution is 9.10. The second-order valence-electron chi connectivity index (χ2n) is 3.99. The first-order chi connectivity index (χ1) is 9.06. The van der Waals surface area contributed by atoms with Crippen LogP contribution in [-0.2, 0) is 11.3 Å². The molecule has 0 bridgehead atoms. The topological polar surface area (TPSA) is 78.1 Å². The smallest absolute Gasteiger partial charge is 0.340 e. The van der Waals surface area contributed by atoms with Gasteiger partial charge in [0.2, 0.25) is 0 Å². The highest BCUT2D eigenvalue weighted by Crippen LogP contribution is 2.14. The molecule has 19 heavy (non-hydrogen) atoms. The van der Waals surface area contributed by atoms with Crippen molar-refractivity contribution in [3.8, 4) is 0 Å². The van der Waals surface area contributed by atoms with Crippen molar-refractivity contribution in [3.05, 3.63) is 52.0 Å². The van der Waals surface area contributed by atoms with Crippen molar-refractivity contribution < 1.29 is 9.53 Å². The number of esters is 1. The fourth-order valence-corrected chi connectivity index (χ4v) is 1.93. The largest absolute Gasteiger partial charge is 0.457 e. The third-order valence-corrected chi connectivity index (χ3v) is 2.89. The molecule has 0 unspecified atom stereocenters. The average Bonchev–Trinajstić information content (AvgIpc) is 2.39. The van der Waals surface area contributed by atoms with E-state index in [1.54, 1.807) is 25.4 Å². The number of nitrogen functional groups attached to an aromatic ring is 1. The van der Waals surface area contributed by atoms with Gasteiger partial charge in [-0.3, -0.25) is 9.97 Å². The van der Waals surface area contributed by atoms with Crippen LogP contribution >= 0.6 is 15.9 Å². The molecule has 2 heterocycles. The van der Waals surface area contributed by atoms with Gasteiger partial charge in [-0.2, -0.15) is 0 Å². The number of nitrogens with two attached hydrogens (primary N) is 1. The Morgan fingerprint density at radius 1 is 1.37 bits per heavy atom. The van der Waals surface area contributed by atoms with Crippen molar-refractivity contribution in [2.45, 2.75) is 13.5 Å². The minimum atomic E-state index is -0.447. The minimum Gasteiger partial charge on any atom is -0.457 e. The monoisotopic (exact) mass is 321 g/mol. The fourth-order valence-electron chi connectivity index (χ4n) is 1.52. The molecule has 0 amide bonds. The zero-order chi connectivity index (χ0) is 13.8. The van der Waals surface area contributed by atoms with Gasteiger partial charge in [-0.15, -0.1) is 0 Å². The van der Waals surface area contributed by atoms with Crippen molar-refractivity contribution in [2.24, 2.45) is 0 Å². The molecule has 5 nitrogen and oxygen atoms in total. The average molecular weight is 322 g/mol. The summed E-state index contributed by atoms with van der Waals surface area (Å²) < 4.78 is 6.05. The number of aryl methyl sites for hydroxylation is 1.